The van der Waals surface area contributed by atoms with Crippen LogP contribution in [0.2, 0.25) is 0 Å². The minimum atomic E-state index is -0.540. The lowest BCUT2D eigenvalue weighted by Crippen LogP contribution is -2.39. The molecule has 0 bridgehead atoms. The lowest BCUT2D eigenvalue weighted by Gasteiger charge is -2.19. The molecule has 0 radical (unpaired) electrons. The lowest BCUT2D eigenvalue weighted by molar-refractivity contribution is -0.134. The van der Waals surface area contributed by atoms with Crippen molar-refractivity contribution in [3.05, 3.63) is 23.9 Å². The Bertz CT molecular complexity index is 1070. The van der Waals surface area contributed by atoms with Gasteiger partial charge in [0.2, 0.25) is 17.7 Å². The number of benzene rings is 1. The van der Waals surface area contributed by atoms with E-state index in [0.29, 0.717) is 43.6 Å². The molecule has 0 saturated carbocycles. The van der Waals surface area contributed by atoms with Gasteiger partial charge in [-0.25, -0.2) is 4.79 Å². The molecular formula is C23H31N5O5. The molecule has 1 aromatic heterocycles. The molecule has 1 atom stereocenters. The molecular weight excluding hydrogens is 426 g/mol. The third kappa shape index (κ3) is 6.53. The number of anilines is 1. The van der Waals surface area contributed by atoms with Crippen molar-refractivity contribution in [3.8, 4) is 0 Å². The van der Waals surface area contributed by atoms with Crippen molar-refractivity contribution < 1.29 is 23.9 Å². The third-order valence-electron chi connectivity index (χ3n) is 5.23. The molecule has 1 fully saturated rings. The van der Waals surface area contributed by atoms with Gasteiger partial charge < -0.3 is 15.4 Å². The molecule has 4 amide bonds. The largest absolute Gasteiger partial charge is 0.444 e. The van der Waals surface area contributed by atoms with E-state index in [-0.39, 0.29) is 24.1 Å². The Labute approximate surface area is 192 Å². The summed E-state index contributed by atoms with van der Waals surface area (Å²) in [4.78, 5) is 47.6. The Balaban J connectivity index is 1.52. The van der Waals surface area contributed by atoms with E-state index in [1.165, 1.54) is 0 Å². The zero-order valence-electron chi connectivity index (χ0n) is 19.5. The van der Waals surface area contributed by atoms with Crippen molar-refractivity contribution in [3.63, 3.8) is 0 Å². The second kappa shape index (κ2) is 10.0. The van der Waals surface area contributed by atoms with Crippen molar-refractivity contribution in [2.45, 2.75) is 64.4 Å². The molecule has 10 nitrogen and oxygen atoms in total. The van der Waals surface area contributed by atoms with Crippen LogP contribution in [0.5, 0.6) is 0 Å². The first kappa shape index (κ1) is 24.2. The third-order valence-corrected chi connectivity index (χ3v) is 5.23. The number of alkyl carbamates (subject to hydrolysis) is 1. The van der Waals surface area contributed by atoms with E-state index >= 15 is 0 Å². The number of hydrogen-bond donors (Lipinski definition) is 3. The fourth-order valence-corrected chi connectivity index (χ4v) is 3.71. The summed E-state index contributed by atoms with van der Waals surface area (Å²) in [7, 11) is 1.78. The molecule has 3 rings (SSSR count). The number of imide groups is 1. The van der Waals surface area contributed by atoms with Gasteiger partial charge in [0.1, 0.15) is 5.60 Å². The van der Waals surface area contributed by atoms with Gasteiger partial charge in [-0.2, -0.15) is 5.10 Å². The first-order valence-electron chi connectivity index (χ1n) is 11.1. The topological polar surface area (TPSA) is 131 Å². The molecule has 0 spiro atoms. The van der Waals surface area contributed by atoms with Crippen LogP contribution in [0.3, 0.4) is 0 Å². The zero-order chi connectivity index (χ0) is 24.2. The number of piperidine rings is 1. The van der Waals surface area contributed by atoms with Crippen LogP contribution < -0.4 is 16.0 Å². The van der Waals surface area contributed by atoms with Gasteiger partial charge in [0.25, 0.3) is 0 Å². The number of carbonyl (C=O) groups excluding carboxylic acids is 4. The second-order valence-corrected chi connectivity index (χ2v) is 9.18. The van der Waals surface area contributed by atoms with Gasteiger partial charge in [-0.1, -0.05) is 0 Å². The molecule has 10 heteroatoms. The number of nitrogens with zero attached hydrogens (tertiary/aromatic N) is 2. The van der Waals surface area contributed by atoms with Crippen molar-refractivity contribution in [1.82, 2.24) is 20.4 Å². The van der Waals surface area contributed by atoms with Crippen molar-refractivity contribution in [2.75, 3.05) is 11.9 Å². The van der Waals surface area contributed by atoms with Crippen LogP contribution in [-0.2, 0) is 26.2 Å². The minimum absolute atomic E-state index is 0.126. The minimum Gasteiger partial charge on any atom is -0.444 e. The quantitative estimate of drug-likeness (QED) is 0.433. The van der Waals surface area contributed by atoms with Crippen LogP contribution in [-0.4, -0.2) is 45.7 Å². The van der Waals surface area contributed by atoms with Crippen LogP contribution in [0.4, 0.5) is 10.5 Å². The predicted molar refractivity (Wildman–Crippen MR) is 123 cm³/mol. The first-order valence-corrected chi connectivity index (χ1v) is 11.1. The van der Waals surface area contributed by atoms with Gasteiger partial charge in [0, 0.05) is 37.5 Å². The summed E-state index contributed by atoms with van der Waals surface area (Å²) in [5, 5.41) is 13.2. The smallest absolute Gasteiger partial charge is 0.407 e. The van der Waals surface area contributed by atoms with E-state index in [1.54, 1.807) is 38.6 Å². The van der Waals surface area contributed by atoms with Gasteiger partial charge in [-0.3, -0.25) is 24.4 Å². The van der Waals surface area contributed by atoms with E-state index in [9.17, 15) is 19.2 Å². The van der Waals surface area contributed by atoms with Gasteiger partial charge in [-0.15, -0.1) is 0 Å². The van der Waals surface area contributed by atoms with Crippen LogP contribution >= 0.6 is 0 Å². The standard InChI is InChI=1S/C23H31N5O5/c1-23(2,3)33-22(32)24-12-6-5-7-18(29)25-14-8-9-15-17(13-14)28(4)27-20(15)16-10-11-19(30)26-21(16)31/h8-9,13,16H,5-7,10-12H2,1-4H3,(H,24,32)(H,25,29)(H,26,30,31). The highest BCUT2D eigenvalue weighted by Gasteiger charge is 2.31. The maximum absolute atomic E-state index is 12.3. The fourth-order valence-electron chi connectivity index (χ4n) is 3.71. The van der Waals surface area contributed by atoms with Crippen LogP contribution in [0.1, 0.15) is 64.5 Å². The fraction of sp³-hybridized carbons (Fsp3) is 0.522. The van der Waals surface area contributed by atoms with Crippen LogP contribution in [0.25, 0.3) is 10.9 Å². The monoisotopic (exact) mass is 457 g/mol. The van der Waals surface area contributed by atoms with Gasteiger partial charge in [0.15, 0.2) is 0 Å². The highest BCUT2D eigenvalue weighted by Crippen LogP contribution is 2.31. The Hall–Kier alpha value is -3.43. The molecule has 1 unspecified atom stereocenters. The summed E-state index contributed by atoms with van der Waals surface area (Å²) in [5.41, 5.74) is 1.51. The maximum atomic E-state index is 12.3. The Morgan fingerprint density at radius 2 is 2.00 bits per heavy atom. The number of fused-ring (bicyclic) bond motifs is 1. The number of aryl methyl sites for hydroxylation is 1. The molecule has 1 saturated heterocycles. The highest BCUT2D eigenvalue weighted by molar-refractivity contribution is 6.03. The highest BCUT2D eigenvalue weighted by atomic mass is 16.6. The number of amides is 4. The summed E-state index contributed by atoms with van der Waals surface area (Å²) in [6, 6.07) is 5.43. The number of aromatic nitrogens is 2. The summed E-state index contributed by atoms with van der Waals surface area (Å²) < 4.78 is 6.84. The normalized spacial score (nSPS) is 16.4. The number of unbranched alkanes of at least 4 members (excludes halogenated alkanes) is 1. The molecule has 0 aliphatic carbocycles. The Kier molecular flexibility index (Phi) is 7.35. The van der Waals surface area contributed by atoms with Gasteiger partial charge in [0.05, 0.1) is 17.1 Å². The zero-order valence-corrected chi connectivity index (χ0v) is 19.5. The number of nitrogens with one attached hydrogen (secondary N) is 3. The van der Waals surface area contributed by atoms with Gasteiger partial charge >= 0.3 is 6.09 Å². The Morgan fingerprint density at radius 1 is 1.24 bits per heavy atom. The number of carbonyl (C=O) groups is 4. The van der Waals surface area contributed by atoms with Crippen LogP contribution in [0, 0.1) is 0 Å². The summed E-state index contributed by atoms with van der Waals surface area (Å²) in [6.45, 7) is 5.84. The van der Waals surface area contributed by atoms with Gasteiger partial charge in [-0.05, 0) is 58.2 Å². The molecule has 1 aliphatic rings. The van der Waals surface area contributed by atoms with Crippen molar-refractivity contribution in [1.29, 1.82) is 0 Å². The summed E-state index contributed by atoms with van der Waals surface area (Å²) in [6.07, 6.45) is 1.85. The predicted octanol–water partition coefficient (Wildman–Crippen LogP) is 2.73. The van der Waals surface area contributed by atoms with E-state index in [2.05, 4.69) is 21.0 Å². The van der Waals surface area contributed by atoms with E-state index < -0.39 is 17.6 Å². The molecule has 33 heavy (non-hydrogen) atoms. The number of rotatable bonds is 7. The van der Waals surface area contributed by atoms with Crippen LogP contribution in [0.15, 0.2) is 18.2 Å². The van der Waals surface area contributed by atoms with E-state index in [4.69, 9.17) is 4.74 Å². The average Bonchev–Trinajstić information content (AvgIpc) is 3.02. The number of hydrogen-bond acceptors (Lipinski definition) is 6. The molecule has 1 aliphatic heterocycles. The molecule has 2 heterocycles. The average molecular weight is 458 g/mol. The summed E-state index contributed by atoms with van der Waals surface area (Å²) >= 11 is 0. The molecule has 2 aromatic rings. The van der Waals surface area contributed by atoms with E-state index in [0.717, 1.165) is 10.9 Å². The lowest BCUT2D eigenvalue weighted by atomic mass is 9.93. The molecule has 3 N–H and O–H groups in total. The van der Waals surface area contributed by atoms with Crippen molar-refractivity contribution >= 4 is 40.4 Å². The SMILES string of the molecule is Cn1nc(C2CCC(=O)NC2=O)c2ccc(NC(=O)CCCCNC(=O)OC(C)(C)C)cc21. The molecule has 178 valence electrons. The number of ether oxygens (including phenoxy) is 1. The van der Waals surface area contributed by atoms with E-state index in [1.807, 2.05) is 12.1 Å². The molecule has 1 aromatic carbocycles. The summed E-state index contributed by atoms with van der Waals surface area (Å²) in [5.74, 6) is -1.19. The Morgan fingerprint density at radius 3 is 2.70 bits per heavy atom. The second-order valence-electron chi connectivity index (χ2n) is 9.18. The first-order chi connectivity index (χ1) is 15.5. The van der Waals surface area contributed by atoms with Crippen molar-refractivity contribution in [2.24, 2.45) is 7.05 Å². The maximum Gasteiger partial charge on any atom is 0.407 e.